The lowest BCUT2D eigenvalue weighted by Gasteiger charge is -2.33. The van der Waals surface area contributed by atoms with Gasteiger partial charge in [0, 0.05) is 46.4 Å². The van der Waals surface area contributed by atoms with Crippen LogP contribution in [0.2, 0.25) is 5.02 Å². The van der Waals surface area contributed by atoms with Gasteiger partial charge in [0.05, 0.1) is 21.8 Å². The minimum Gasteiger partial charge on any atom is -0.481 e. The highest BCUT2D eigenvalue weighted by molar-refractivity contribution is 6.32. The molecule has 3 heterocycles. The standard InChI is InChI=1S/C33H27ClN6O7.ClH/c34-24-13-21(32(45)40-12-2-1-3-27(40)33(46)47)11-10-19(24)7-4-18-5-8-20(9-6-18)25-14-22(31(44)39-35)23-17-36-28(15-26(23)37-25)38-29(41)16-30(42)43;/h5-6,8-11,13-15,17,27H,1-3,12,16,35H2,(H,39,44)(H,42,43)(H,46,47)(H,36,38,41);1H/t27-;/m0./s1. The SMILES string of the molecule is Cl.NNC(=O)c1cc(-c2ccc(C#Cc3ccc(C(=O)N4CCCC[C@H]4C(=O)O)cc3Cl)cc2)nc2cc(NC(=O)CC(=O)O)ncc12. The van der Waals surface area contributed by atoms with Gasteiger partial charge >= 0.3 is 11.9 Å². The molecule has 13 nitrogen and oxygen atoms in total. The average molecular weight is 692 g/mol. The van der Waals surface area contributed by atoms with Crippen LogP contribution >= 0.6 is 24.0 Å². The number of rotatable bonds is 7. The van der Waals surface area contributed by atoms with E-state index in [1.54, 1.807) is 42.5 Å². The highest BCUT2D eigenvalue weighted by Crippen LogP contribution is 2.27. The Labute approximate surface area is 284 Å². The summed E-state index contributed by atoms with van der Waals surface area (Å²) in [6.45, 7) is 0.367. The maximum absolute atomic E-state index is 13.0. The van der Waals surface area contributed by atoms with Gasteiger partial charge in [-0.05, 0) is 55.7 Å². The second kappa shape index (κ2) is 15.4. The first-order chi connectivity index (χ1) is 22.5. The first kappa shape index (κ1) is 35.3. The zero-order chi connectivity index (χ0) is 33.7. The molecule has 3 amide bonds. The van der Waals surface area contributed by atoms with Gasteiger partial charge in [0.15, 0.2) is 0 Å². The van der Waals surface area contributed by atoms with Crippen molar-refractivity contribution in [1.82, 2.24) is 20.3 Å². The fourth-order valence-electron chi connectivity index (χ4n) is 5.14. The van der Waals surface area contributed by atoms with E-state index in [-0.39, 0.29) is 40.3 Å². The Bertz CT molecular complexity index is 1990. The number of amides is 3. The van der Waals surface area contributed by atoms with Crippen LogP contribution in [0, 0.1) is 11.8 Å². The number of halogens is 2. The topological polar surface area (TPSA) is 205 Å². The summed E-state index contributed by atoms with van der Waals surface area (Å²) >= 11 is 6.45. The summed E-state index contributed by atoms with van der Waals surface area (Å²) in [4.78, 5) is 70.1. The second-order valence-corrected chi connectivity index (χ2v) is 11.0. The number of carbonyl (C=O) groups is 5. The van der Waals surface area contributed by atoms with Crippen molar-refractivity contribution in [2.24, 2.45) is 5.84 Å². The number of nitrogens with two attached hydrogens (primary N) is 1. The molecule has 1 fully saturated rings. The summed E-state index contributed by atoms with van der Waals surface area (Å²) in [6.07, 6.45) is 2.49. The third kappa shape index (κ3) is 8.05. The van der Waals surface area contributed by atoms with Crippen LogP contribution in [0.4, 0.5) is 5.82 Å². The zero-order valence-corrected chi connectivity index (χ0v) is 26.6. The fourth-order valence-corrected chi connectivity index (χ4v) is 5.37. The molecular formula is C33H28Cl2N6O7. The first-order valence-corrected chi connectivity index (χ1v) is 14.7. The molecule has 246 valence electrons. The summed E-state index contributed by atoms with van der Waals surface area (Å²) in [7, 11) is 0. The number of piperidine rings is 1. The number of fused-ring (bicyclic) bond motifs is 1. The number of hydrogen-bond acceptors (Lipinski definition) is 8. The maximum atomic E-state index is 13.0. The van der Waals surface area contributed by atoms with Gasteiger partial charge in [-0.2, -0.15) is 0 Å². The Kier molecular flexibility index (Phi) is 11.3. The maximum Gasteiger partial charge on any atom is 0.326 e. The van der Waals surface area contributed by atoms with Crippen molar-refractivity contribution >= 4 is 70.4 Å². The number of aromatic nitrogens is 2. The highest BCUT2D eigenvalue weighted by Gasteiger charge is 2.32. The molecule has 2 aromatic carbocycles. The van der Waals surface area contributed by atoms with Gasteiger partial charge in [0.1, 0.15) is 18.3 Å². The largest absolute Gasteiger partial charge is 0.481 e. The quantitative estimate of drug-likeness (QED) is 0.0622. The molecule has 1 aliphatic heterocycles. The number of likely N-dealkylation sites (tertiary alicyclic amines) is 1. The number of pyridine rings is 2. The predicted octanol–water partition coefficient (Wildman–Crippen LogP) is 3.87. The summed E-state index contributed by atoms with van der Waals surface area (Å²) in [5.41, 5.74) is 5.03. The Morgan fingerprint density at radius 2 is 1.75 bits per heavy atom. The van der Waals surface area contributed by atoms with Crippen LogP contribution < -0.4 is 16.6 Å². The Balaban J connectivity index is 0.00000520. The normalized spacial score (nSPS) is 13.8. The van der Waals surface area contributed by atoms with E-state index in [0.717, 1.165) is 12.8 Å². The first-order valence-electron chi connectivity index (χ1n) is 14.3. The molecule has 4 aromatic rings. The van der Waals surface area contributed by atoms with Crippen molar-refractivity contribution in [3.05, 3.63) is 88.1 Å². The van der Waals surface area contributed by atoms with E-state index in [2.05, 4.69) is 32.6 Å². The third-order valence-corrected chi connectivity index (χ3v) is 7.75. The molecule has 0 radical (unpaired) electrons. The number of nitrogens with one attached hydrogen (secondary N) is 2. The van der Waals surface area contributed by atoms with E-state index in [1.165, 1.54) is 23.2 Å². The summed E-state index contributed by atoms with van der Waals surface area (Å²) in [6, 6.07) is 13.8. The van der Waals surface area contributed by atoms with Crippen molar-refractivity contribution in [3.8, 4) is 23.1 Å². The molecule has 0 bridgehead atoms. The van der Waals surface area contributed by atoms with Crippen LogP contribution in [-0.4, -0.2) is 67.3 Å². The van der Waals surface area contributed by atoms with Gasteiger partial charge in [-0.1, -0.05) is 35.6 Å². The molecule has 0 unspecified atom stereocenters. The molecular weight excluding hydrogens is 663 g/mol. The van der Waals surface area contributed by atoms with Crippen molar-refractivity contribution in [1.29, 1.82) is 0 Å². The number of carboxylic acid groups (broad SMARTS) is 2. The Morgan fingerprint density at radius 3 is 2.42 bits per heavy atom. The molecule has 15 heteroatoms. The van der Waals surface area contributed by atoms with E-state index in [9.17, 15) is 29.1 Å². The average Bonchev–Trinajstić information content (AvgIpc) is 3.06. The minimum absolute atomic E-state index is 0. The molecule has 0 aliphatic carbocycles. The Hall–Kier alpha value is -5.55. The van der Waals surface area contributed by atoms with Crippen LogP contribution in [-0.2, 0) is 14.4 Å². The van der Waals surface area contributed by atoms with Crippen LogP contribution in [0.25, 0.3) is 22.2 Å². The zero-order valence-electron chi connectivity index (χ0n) is 25.0. The van der Waals surface area contributed by atoms with Crippen molar-refractivity contribution in [2.75, 3.05) is 11.9 Å². The third-order valence-electron chi connectivity index (χ3n) is 7.44. The van der Waals surface area contributed by atoms with Gasteiger partial charge in [-0.3, -0.25) is 24.6 Å². The summed E-state index contributed by atoms with van der Waals surface area (Å²) in [5, 5.41) is 21.4. The number of hydrogen-bond donors (Lipinski definition) is 5. The number of nitrogen functional groups attached to an aromatic ring is 1. The minimum atomic E-state index is -1.29. The monoisotopic (exact) mass is 690 g/mol. The number of carboxylic acids is 2. The summed E-state index contributed by atoms with van der Waals surface area (Å²) in [5.74, 6) is 7.40. The van der Waals surface area contributed by atoms with E-state index < -0.39 is 36.2 Å². The Morgan fingerprint density at radius 1 is 1.00 bits per heavy atom. The van der Waals surface area contributed by atoms with Crippen LogP contribution in [0.3, 0.4) is 0 Å². The number of nitrogens with zero attached hydrogens (tertiary/aromatic N) is 3. The predicted molar refractivity (Wildman–Crippen MR) is 179 cm³/mol. The van der Waals surface area contributed by atoms with Crippen molar-refractivity contribution in [3.63, 3.8) is 0 Å². The highest BCUT2D eigenvalue weighted by atomic mass is 35.5. The number of carbonyl (C=O) groups excluding carboxylic acids is 3. The van der Waals surface area contributed by atoms with Gasteiger partial charge in [0.2, 0.25) is 5.91 Å². The molecule has 1 atom stereocenters. The lowest BCUT2D eigenvalue weighted by Crippen LogP contribution is -2.47. The molecule has 1 aliphatic rings. The van der Waals surface area contributed by atoms with Crippen LogP contribution in [0.15, 0.2) is 60.8 Å². The molecule has 2 aromatic heterocycles. The number of hydrazine groups is 1. The number of aliphatic carboxylic acids is 2. The summed E-state index contributed by atoms with van der Waals surface area (Å²) < 4.78 is 0. The smallest absolute Gasteiger partial charge is 0.326 e. The molecule has 5 rings (SSSR count). The fraction of sp³-hybridized carbons (Fsp3) is 0.182. The van der Waals surface area contributed by atoms with E-state index in [1.807, 2.05) is 0 Å². The lowest BCUT2D eigenvalue weighted by atomic mass is 10.0. The lowest BCUT2D eigenvalue weighted by molar-refractivity contribution is -0.143. The molecule has 0 saturated carbocycles. The molecule has 48 heavy (non-hydrogen) atoms. The van der Waals surface area contributed by atoms with Gasteiger partial charge in [0.25, 0.3) is 11.8 Å². The van der Waals surface area contributed by atoms with E-state index in [4.69, 9.17) is 22.6 Å². The van der Waals surface area contributed by atoms with Crippen molar-refractivity contribution < 1.29 is 34.2 Å². The van der Waals surface area contributed by atoms with E-state index in [0.29, 0.717) is 46.3 Å². The van der Waals surface area contributed by atoms with Crippen LogP contribution in [0.1, 0.15) is 57.5 Å². The van der Waals surface area contributed by atoms with Crippen molar-refractivity contribution in [2.45, 2.75) is 31.7 Å². The molecule has 1 saturated heterocycles. The van der Waals surface area contributed by atoms with Crippen LogP contribution in [0.5, 0.6) is 0 Å². The van der Waals surface area contributed by atoms with Gasteiger partial charge in [-0.15, -0.1) is 12.4 Å². The van der Waals surface area contributed by atoms with Gasteiger partial charge < -0.3 is 20.4 Å². The number of anilines is 1. The molecule has 0 spiro atoms. The number of benzene rings is 2. The molecule has 6 N–H and O–H groups in total. The van der Waals surface area contributed by atoms with E-state index >= 15 is 0 Å². The second-order valence-electron chi connectivity index (χ2n) is 10.6. The van der Waals surface area contributed by atoms with Gasteiger partial charge in [-0.25, -0.2) is 20.6 Å².